The van der Waals surface area contributed by atoms with Crippen molar-refractivity contribution in [3.05, 3.63) is 106 Å². The van der Waals surface area contributed by atoms with Gasteiger partial charge < -0.3 is 9.40 Å². The number of H-pyrrole nitrogens is 1. The second kappa shape index (κ2) is 8.41. The average Bonchev–Trinajstić information content (AvgIpc) is 3.23. The number of hydrogen-bond donors (Lipinski definition) is 1. The Hall–Kier alpha value is -3.35. The molecule has 7 heteroatoms. The average molecular weight is 446 g/mol. The summed E-state index contributed by atoms with van der Waals surface area (Å²) >= 11 is 7.43. The van der Waals surface area contributed by atoms with E-state index in [1.54, 1.807) is 6.07 Å². The molecule has 2 heterocycles. The summed E-state index contributed by atoms with van der Waals surface area (Å²) in [7, 11) is 0. The van der Waals surface area contributed by atoms with E-state index >= 15 is 0 Å². The van der Waals surface area contributed by atoms with Crippen LogP contribution in [0.15, 0.2) is 98.2 Å². The summed E-state index contributed by atoms with van der Waals surface area (Å²) in [4.78, 5) is 16.4. The number of aromatic amines is 1. The SMILES string of the molecule is O=c1[nH]c2ccc(Cl)cc2c(-c2ccccc2)c1Sc1nnc(Cc2ccccc2)o1. The molecule has 0 aliphatic rings. The molecule has 152 valence electrons. The van der Waals surface area contributed by atoms with Crippen LogP contribution in [0, 0.1) is 0 Å². The van der Waals surface area contributed by atoms with Gasteiger partial charge in [0, 0.05) is 21.5 Å². The van der Waals surface area contributed by atoms with Gasteiger partial charge in [0.15, 0.2) is 0 Å². The van der Waals surface area contributed by atoms with Gasteiger partial charge in [-0.15, -0.1) is 10.2 Å². The van der Waals surface area contributed by atoms with Crippen LogP contribution in [-0.4, -0.2) is 15.2 Å². The highest BCUT2D eigenvalue weighted by Crippen LogP contribution is 2.38. The van der Waals surface area contributed by atoms with Gasteiger partial charge in [-0.3, -0.25) is 4.79 Å². The summed E-state index contributed by atoms with van der Waals surface area (Å²) in [6.07, 6.45) is 0.531. The van der Waals surface area contributed by atoms with E-state index in [2.05, 4.69) is 15.2 Å². The zero-order chi connectivity index (χ0) is 21.2. The Bertz CT molecular complexity index is 1420. The van der Waals surface area contributed by atoms with Crippen molar-refractivity contribution in [2.45, 2.75) is 16.5 Å². The first-order valence-electron chi connectivity index (χ1n) is 9.62. The quantitative estimate of drug-likeness (QED) is 0.360. The predicted molar refractivity (Wildman–Crippen MR) is 123 cm³/mol. The summed E-state index contributed by atoms with van der Waals surface area (Å²) < 4.78 is 5.84. The van der Waals surface area contributed by atoms with Crippen LogP contribution < -0.4 is 5.56 Å². The van der Waals surface area contributed by atoms with Crippen LogP contribution in [0.1, 0.15) is 11.5 Å². The number of halogens is 1. The molecule has 1 N–H and O–H groups in total. The Morgan fingerprint density at radius 1 is 0.935 bits per heavy atom. The van der Waals surface area contributed by atoms with Gasteiger partial charge in [-0.05, 0) is 41.1 Å². The summed E-state index contributed by atoms with van der Waals surface area (Å²) in [5.41, 5.74) is 3.27. The summed E-state index contributed by atoms with van der Waals surface area (Å²) in [5, 5.41) is 10.1. The molecule has 0 atom stereocenters. The normalized spacial score (nSPS) is 11.1. The van der Waals surface area contributed by atoms with Crippen molar-refractivity contribution in [2.75, 3.05) is 0 Å². The molecule has 0 saturated carbocycles. The number of rotatable bonds is 5. The lowest BCUT2D eigenvalue weighted by Gasteiger charge is -2.11. The minimum Gasteiger partial charge on any atom is -0.415 e. The molecule has 0 radical (unpaired) electrons. The van der Waals surface area contributed by atoms with Crippen molar-refractivity contribution in [1.82, 2.24) is 15.2 Å². The lowest BCUT2D eigenvalue weighted by molar-refractivity contribution is 0.420. The fraction of sp³-hybridized carbons (Fsp3) is 0.0417. The van der Waals surface area contributed by atoms with E-state index < -0.39 is 0 Å². The molecule has 0 bridgehead atoms. The molecule has 3 aromatic carbocycles. The van der Waals surface area contributed by atoms with Crippen molar-refractivity contribution in [1.29, 1.82) is 0 Å². The zero-order valence-electron chi connectivity index (χ0n) is 16.2. The first kappa shape index (κ1) is 19.6. The number of hydrogen-bond acceptors (Lipinski definition) is 5. The second-order valence-electron chi connectivity index (χ2n) is 6.94. The number of pyridine rings is 1. The fourth-order valence-corrected chi connectivity index (χ4v) is 4.48. The van der Waals surface area contributed by atoms with E-state index in [1.807, 2.05) is 72.8 Å². The number of nitrogens with one attached hydrogen (secondary N) is 1. The van der Waals surface area contributed by atoms with Crippen LogP contribution in [0.3, 0.4) is 0 Å². The minimum absolute atomic E-state index is 0.221. The Morgan fingerprint density at radius 3 is 2.45 bits per heavy atom. The summed E-state index contributed by atoms with van der Waals surface area (Å²) in [6.45, 7) is 0. The highest BCUT2D eigenvalue weighted by atomic mass is 35.5. The molecule has 31 heavy (non-hydrogen) atoms. The van der Waals surface area contributed by atoms with Crippen LogP contribution in [-0.2, 0) is 6.42 Å². The molecule has 2 aromatic heterocycles. The van der Waals surface area contributed by atoms with Gasteiger partial charge in [0.05, 0.1) is 11.3 Å². The molecule has 0 amide bonds. The van der Waals surface area contributed by atoms with Crippen molar-refractivity contribution in [3.63, 3.8) is 0 Å². The first-order valence-corrected chi connectivity index (χ1v) is 10.8. The maximum absolute atomic E-state index is 13.0. The van der Waals surface area contributed by atoms with E-state index in [-0.39, 0.29) is 5.56 Å². The number of nitrogens with zero attached hydrogens (tertiary/aromatic N) is 2. The van der Waals surface area contributed by atoms with Crippen molar-refractivity contribution in [3.8, 4) is 11.1 Å². The molecular formula is C24H16ClN3O2S. The fourth-order valence-electron chi connectivity index (χ4n) is 3.44. The Kier molecular flexibility index (Phi) is 5.32. The van der Waals surface area contributed by atoms with E-state index in [1.165, 1.54) is 0 Å². The van der Waals surface area contributed by atoms with Crippen LogP contribution in [0.4, 0.5) is 0 Å². The van der Waals surface area contributed by atoms with Crippen LogP contribution >= 0.6 is 23.4 Å². The van der Waals surface area contributed by atoms with E-state index in [0.29, 0.717) is 33.0 Å². The first-order chi connectivity index (χ1) is 15.2. The molecule has 5 aromatic rings. The van der Waals surface area contributed by atoms with Gasteiger partial charge in [-0.1, -0.05) is 72.3 Å². The van der Waals surface area contributed by atoms with Gasteiger partial charge in [0.25, 0.3) is 10.8 Å². The van der Waals surface area contributed by atoms with Crippen molar-refractivity contribution >= 4 is 34.3 Å². The lowest BCUT2D eigenvalue weighted by atomic mass is 10.0. The Balaban J connectivity index is 1.59. The van der Waals surface area contributed by atoms with Crippen LogP contribution in [0.5, 0.6) is 0 Å². The largest absolute Gasteiger partial charge is 0.415 e. The number of aromatic nitrogens is 3. The third-order valence-electron chi connectivity index (χ3n) is 4.83. The molecule has 0 spiro atoms. The molecule has 0 aliphatic carbocycles. The van der Waals surface area contributed by atoms with Crippen molar-refractivity contribution < 1.29 is 4.42 Å². The Morgan fingerprint density at radius 2 is 1.68 bits per heavy atom. The van der Waals surface area contributed by atoms with Gasteiger partial charge in [0.1, 0.15) is 0 Å². The van der Waals surface area contributed by atoms with E-state index in [4.69, 9.17) is 16.0 Å². The molecule has 0 unspecified atom stereocenters. The topological polar surface area (TPSA) is 71.8 Å². The van der Waals surface area contributed by atoms with Gasteiger partial charge in [0.2, 0.25) is 5.89 Å². The summed E-state index contributed by atoms with van der Waals surface area (Å²) in [5.74, 6) is 0.496. The Labute approximate surface area is 187 Å². The van der Waals surface area contributed by atoms with E-state index in [9.17, 15) is 4.79 Å². The maximum Gasteiger partial charge on any atom is 0.281 e. The maximum atomic E-state index is 13.0. The van der Waals surface area contributed by atoms with E-state index in [0.717, 1.165) is 33.8 Å². The molecule has 5 nitrogen and oxygen atoms in total. The highest BCUT2D eigenvalue weighted by molar-refractivity contribution is 7.99. The standard InChI is InChI=1S/C24H16ClN3O2S/c25-17-11-12-19-18(14-17)21(16-9-5-2-6-10-16)22(23(29)26-19)31-24-28-27-20(30-24)13-15-7-3-1-4-8-15/h1-12,14H,13H2,(H,26,29). The van der Waals surface area contributed by atoms with Crippen LogP contribution in [0.25, 0.3) is 22.0 Å². The minimum atomic E-state index is -0.221. The summed E-state index contributed by atoms with van der Waals surface area (Å²) in [6, 6.07) is 25.1. The van der Waals surface area contributed by atoms with Gasteiger partial charge in [-0.25, -0.2) is 0 Å². The lowest BCUT2D eigenvalue weighted by Crippen LogP contribution is -2.10. The third kappa shape index (κ3) is 4.13. The third-order valence-corrected chi connectivity index (χ3v) is 6.00. The second-order valence-corrected chi connectivity index (χ2v) is 8.34. The van der Waals surface area contributed by atoms with Gasteiger partial charge in [-0.2, -0.15) is 0 Å². The molecule has 5 rings (SSSR count). The predicted octanol–water partition coefficient (Wildman–Crippen LogP) is 5.97. The monoisotopic (exact) mass is 445 g/mol. The number of fused-ring (bicyclic) bond motifs is 1. The smallest absolute Gasteiger partial charge is 0.281 e. The van der Waals surface area contributed by atoms with Gasteiger partial charge >= 0.3 is 0 Å². The highest BCUT2D eigenvalue weighted by Gasteiger charge is 2.19. The zero-order valence-corrected chi connectivity index (χ0v) is 17.8. The molecule has 0 aliphatic heterocycles. The number of benzene rings is 3. The molecular weight excluding hydrogens is 430 g/mol. The van der Waals surface area contributed by atoms with Crippen LogP contribution in [0.2, 0.25) is 5.02 Å². The molecule has 0 fully saturated rings. The van der Waals surface area contributed by atoms with Crippen molar-refractivity contribution in [2.24, 2.45) is 0 Å². The molecule has 0 saturated heterocycles.